The number of carbonyl (C=O) groups is 1. The molecule has 10 heteroatoms. The molecule has 2 aliphatic heterocycles. The van der Waals surface area contributed by atoms with Crippen LogP contribution in [0.4, 0.5) is 17.2 Å². The van der Waals surface area contributed by atoms with Crippen LogP contribution in [0.1, 0.15) is 37.3 Å². The molecule has 2 N–H and O–H groups in total. The summed E-state index contributed by atoms with van der Waals surface area (Å²) in [7, 11) is 5.39. The standard InChI is InChI=1S/C29H39N7O3/c1-34-13-9-24(10-14-34)36-20-23(18-32-36)33-28-16-25(8-11-30-28)35-12-4-5-22(19-35)29(37)31-17-21-6-7-26(38-2)27(15-21)39-3/h6-8,11,15-16,18,20,22,24H,4-5,9-10,12-14,17,19H2,1-3H3,(H,30,33)(H,31,37)/t22-/m0/s1. The Kier molecular flexibility index (Phi) is 8.51. The molecule has 2 fully saturated rings. The van der Waals surface area contributed by atoms with Gasteiger partial charge in [-0.2, -0.15) is 5.10 Å². The second-order valence-electron chi connectivity index (χ2n) is 10.5. The van der Waals surface area contributed by atoms with E-state index in [4.69, 9.17) is 9.47 Å². The predicted molar refractivity (Wildman–Crippen MR) is 152 cm³/mol. The summed E-state index contributed by atoms with van der Waals surface area (Å²) < 4.78 is 12.8. The van der Waals surface area contributed by atoms with Crippen molar-refractivity contribution >= 4 is 23.1 Å². The number of benzene rings is 1. The molecule has 1 atom stereocenters. The first-order valence-corrected chi connectivity index (χ1v) is 13.7. The van der Waals surface area contributed by atoms with Crippen LogP contribution < -0.4 is 25.0 Å². The number of anilines is 3. The van der Waals surface area contributed by atoms with Crippen LogP contribution in [0.3, 0.4) is 0 Å². The molecule has 208 valence electrons. The maximum Gasteiger partial charge on any atom is 0.225 e. The fourth-order valence-electron chi connectivity index (χ4n) is 5.44. The lowest BCUT2D eigenvalue weighted by molar-refractivity contribution is -0.125. The van der Waals surface area contributed by atoms with Crippen molar-refractivity contribution in [3.63, 3.8) is 0 Å². The molecule has 4 heterocycles. The lowest BCUT2D eigenvalue weighted by atomic mass is 9.96. The molecule has 0 aliphatic carbocycles. The van der Waals surface area contributed by atoms with Gasteiger partial charge in [-0.15, -0.1) is 0 Å². The van der Waals surface area contributed by atoms with E-state index in [0.717, 1.165) is 68.1 Å². The average Bonchev–Trinajstić information content (AvgIpc) is 3.44. The van der Waals surface area contributed by atoms with Gasteiger partial charge in [-0.1, -0.05) is 6.07 Å². The molecule has 0 saturated carbocycles. The van der Waals surface area contributed by atoms with Gasteiger partial charge in [0.2, 0.25) is 5.91 Å². The Morgan fingerprint density at radius 2 is 1.87 bits per heavy atom. The van der Waals surface area contributed by atoms with Gasteiger partial charge in [0.15, 0.2) is 11.5 Å². The van der Waals surface area contributed by atoms with Crippen molar-refractivity contribution in [3.8, 4) is 11.5 Å². The highest BCUT2D eigenvalue weighted by Crippen LogP contribution is 2.29. The number of ether oxygens (including phenoxy) is 2. The van der Waals surface area contributed by atoms with E-state index in [1.807, 2.05) is 36.7 Å². The molecule has 0 spiro atoms. The second-order valence-corrected chi connectivity index (χ2v) is 10.5. The minimum absolute atomic E-state index is 0.0724. The van der Waals surface area contributed by atoms with Gasteiger partial charge in [-0.05, 0) is 69.6 Å². The number of carbonyl (C=O) groups excluding carboxylic acids is 1. The Bertz CT molecular complexity index is 1260. The van der Waals surface area contributed by atoms with E-state index in [1.54, 1.807) is 14.2 Å². The number of hydrogen-bond acceptors (Lipinski definition) is 8. The van der Waals surface area contributed by atoms with Crippen molar-refractivity contribution in [1.29, 1.82) is 0 Å². The van der Waals surface area contributed by atoms with E-state index in [-0.39, 0.29) is 11.8 Å². The molecule has 2 aromatic heterocycles. The molecular weight excluding hydrogens is 494 g/mol. The lowest BCUT2D eigenvalue weighted by Gasteiger charge is -2.33. The smallest absolute Gasteiger partial charge is 0.225 e. The average molecular weight is 534 g/mol. The summed E-state index contributed by atoms with van der Waals surface area (Å²) in [6.45, 7) is 4.24. The van der Waals surface area contributed by atoms with Crippen molar-refractivity contribution in [2.75, 3.05) is 57.7 Å². The zero-order valence-electron chi connectivity index (χ0n) is 23.1. The Labute approximate surface area is 230 Å². The molecule has 0 bridgehead atoms. The van der Waals surface area contributed by atoms with Gasteiger partial charge in [0.05, 0.1) is 38.1 Å². The third-order valence-corrected chi connectivity index (χ3v) is 7.75. The molecule has 0 unspecified atom stereocenters. The fraction of sp³-hybridized carbons (Fsp3) is 0.483. The first kappa shape index (κ1) is 26.8. The number of nitrogens with zero attached hydrogens (tertiary/aromatic N) is 5. The van der Waals surface area contributed by atoms with Crippen LogP contribution in [-0.2, 0) is 11.3 Å². The molecule has 5 rings (SSSR count). The Hall–Kier alpha value is -3.79. The van der Waals surface area contributed by atoms with E-state index >= 15 is 0 Å². The Balaban J connectivity index is 1.17. The number of methoxy groups -OCH3 is 2. The number of hydrogen-bond donors (Lipinski definition) is 2. The number of rotatable bonds is 9. The van der Waals surface area contributed by atoms with Crippen LogP contribution >= 0.6 is 0 Å². The normalized spacial score (nSPS) is 18.5. The minimum atomic E-state index is -0.0729. The van der Waals surface area contributed by atoms with E-state index in [1.165, 1.54) is 0 Å². The summed E-state index contributed by atoms with van der Waals surface area (Å²) >= 11 is 0. The van der Waals surface area contributed by atoms with Crippen LogP contribution in [0, 0.1) is 5.92 Å². The lowest BCUT2D eigenvalue weighted by Crippen LogP contribution is -2.43. The molecule has 0 radical (unpaired) electrons. The van der Waals surface area contributed by atoms with Crippen molar-refractivity contribution in [3.05, 3.63) is 54.5 Å². The van der Waals surface area contributed by atoms with Gasteiger partial charge in [-0.25, -0.2) is 4.98 Å². The molecule has 1 amide bonds. The van der Waals surface area contributed by atoms with Crippen molar-refractivity contribution in [2.45, 2.75) is 38.3 Å². The number of nitrogens with one attached hydrogen (secondary N) is 2. The quantitative estimate of drug-likeness (QED) is 0.428. The van der Waals surface area contributed by atoms with Crippen LogP contribution in [0.15, 0.2) is 48.9 Å². The highest BCUT2D eigenvalue weighted by molar-refractivity contribution is 5.79. The monoisotopic (exact) mass is 533 g/mol. The number of pyridine rings is 1. The van der Waals surface area contributed by atoms with Crippen molar-refractivity contribution in [1.82, 2.24) is 25.0 Å². The maximum atomic E-state index is 13.1. The van der Waals surface area contributed by atoms with Crippen molar-refractivity contribution in [2.24, 2.45) is 5.92 Å². The van der Waals surface area contributed by atoms with Crippen LogP contribution in [0.5, 0.6) is 11.5 Å². The maximum absolute atomic E-state index is 13.1. The minimum Gasteiger partial charge on any atom is -0.493 e. The molecule has 10 nitrogen and oxygen atoms in total. The third kappa shape index (κ3) is 6.62. The van der Waals surface area contributed by atoms with Crippen LogP contribution in [-0.4, -0.2) is 73.0 Å². The number of amides is 1. The van der Waals surface area contributed by atoms with Gasteiger partial charge < -0.3 is 29.9 Å². The predicted octanol–water partition coefficient (Wildman–Crippen LogP) is 3.84. The fourth-order valence-corrected chi connectivity index (χ4v) is 5.44. The van der Waals surface area contributed by atoms with Crippen molar-refractivity contribution < 1.29 is 14.3 Å². The van der Waals surface area contributed by atoms with Gasteiger partial charge in [0.25, 0.3) is 0 Å². The van der Waals surface area contributed by atoms with Gasteiger partial charge in [0.1, 0.15) is 5.82 Å². The molecule has 2 saturated heterocycles. The molecule has 3 aromatic rings. The van der Waals surface area contributed by atoms with Crippen LogP contribution in [0.2, 0.25) is 0 Å². The Morgan fingerprint density at radius 1 is 1.05 bits per heavy atom. The summed E-state index contributed by atoms with van der Waals surface area (Å²) in [6.07, 6.45) is 9.83. The summed E-state index contributed by atoms with van der Waals surface area (Å²) in [6, 6.07) is 10.2. The van der Waals surface area contributed by atoms with E-state index < -0.39 is 0 Å². The molecule has 1 aromatic carbocycles. The second kappa shape index (κ2) is 12.4. The Morgan fingerprint density at radius 3 is 2.67 bits per heavy atom. The molecule has 39 heavy (non-hydrogen) atoms. The summed E-state index contributed by atoms with van der Waals surface area (Å²) in [5.74, 6) is 2.10. The first-order valence-electron chi connectivity index (χ1n) is 13.7. The van der Waals surface area contributed by atoms with E-state index in [2.05, 4.69) is 54.5 Å². The number of likely N-dealkylation sites (tertiary alicyclic amines) is 1. The molecular formula is C29H39N7O3. The largest absolute Gasteiger partial charge is 0.493 e. The van der Waals surface area contributed by atoms with E-state index in [9.17, 15) is 4.79 Å². The molecule has 2 aliphatic rings. The summed E-state index contributed by atoms with van der Waals surface area (Å²) in [5, 5.41) is 11.1. The highest BCUT2D eigenvalue weighted by Gasteiger charge is 2.26. The number of aromatic nitrogens is 3. The van der Waals surface area contributed by atoms with Gasteiger partial charge >= 0.3 is 0 Å². The zero-order chi connectivity index (χ0) is 27.2. The summed E-state index contributed by atoms with van der Waals surface area (Å²) in [4.78, 5) is 22.2. The SMILES string of the molecule is COc1ccc(CNC(=O)[C@H]2CCCN(c3ccnc(Nc4cnn(C5CCN(C)CC5)c4)c3)C2)cc1OC. The topological polar surface area (TPSA) is 96.8 Å². The number of piperidine rings is 2. The summed E-state index contributed by atoms with van der Waals surface area (Å²) in [5.41, 5.74) is 2.97. The van der Waals surface area contributed by atoms with Crippen LogP contribution in [0.25, 0.3) is 0 Å². The highest BCUT2D eigenvalue weighted by atomic mass is 16.5. The van der Waals surface area contributed by atoms with E-state index in [0.29, 0.717) is 30.6 Å². The third-order valence-electron chi connectivity index (χ3n) is 7.75. The zero-order valence-corrected chi connectivity index (χ0v) is 23.1. The van der Waals surface area contributed by atoms with Gasteiger partial charge in [-0.3, -0.25) is 9.48 Å². The van der Waals surface area contributed by atoms with Gasteiger partial charge in [0, 0.05) is 43.8 Å². The first-order chi connectivity index (χ1) is 19.0.